The van der Waals surface area contributed by atoms with Crippen molar-refractivity contribution >= 4 is 23.9 Å². The molecule has 0 bridgehead atoms. The minimum absolute atomic E-state index is 0.0991. The Kier molecular flexibility index (Phi) is 11.1. The third kappa shape index (κ3) is 9.22. The number of esters is 2. The molecule has 1 aromatic rings. The van der Waals surface area contributed by atoms with Crippen LogP contribution in [0, 0.1) is 11.8 Å². The molecular formula is C28H41N3O6. The molecule has 1 saturated carbocycles. The number of carbonyl (C=O) groups excluding carboxylic acids is 3. The summed E-state index contributed by atoms with van der Waals surface area (Å²) in [5.41, 5.74) is 2.16. The molecule has 9 nitrogen and oxygen atoms in total. The van der Waals surface area contributed by atoms with Crippen molar-refractivity contribution in [3.8, 4) is 0 Å². The lowest BCUT2D eigenvalue weighted by molar-refractivity contribution is -0.137. The summed E-state index contributed by atoms with van der Waals surface area (Å²) in [4.78, 5) is 44.2. The van der Waals surface area contributed by atoms with Crippen molar-refractivity contribution in [1.82, 2.24) is 9.88 Å². The van der Waals surface area contributed by atoms with E-state index in [9.17, 15) is 14.4 Å². The lowest BCUT2D eigenvalue weighted by Gasteiger charge is -2.34. The van der Waals surface area contributed by atoms with Crippen LogP contribution in [0.5, 0.6) is 0 Å². The zero-order valence-corrected chi connectivity index (χ0v) is 23.1. The van der Waals surface area contributed by atoms with Crippen LogP contribution in [0.1, 0.15) is 82.6 Å². The standard InChI is InChI=1S/C28H41N3O6/c1-9-19(6)12-24(27(33)37-28(34)36-16-18(4)5)31(15-17(2)3)20(7)30-25-23(26(32)35-8)13-22(14-29-25)21-10-11-21/h12-14,17-18,20-21H,6,9-11,15-16H2,1-5,7-8H3,(H,29,30)/b24-12-. The maximum atomic E-state index is 13.2. The van der Waals surface area contributed by atoms with E-state index in [1.165, 1.54) is 7.11 Å². The Balaban J connectivity index is 2.38. The molecule has 1 N–H and O–H groups in total. The first-order chi connectivity index (χ1) is 17.5. The number of methoxy groups -OCH3 is 1. The second kappa shape index (κ2) is 13.8. The molecule has 1 unspecified atom stereocenters. The summed E-state index contributed by atoms with van der Waals surface area (Å²) in [6, 6.07) is 1.81. The average molecular weight is 516 g/mol. The number of hydrogen-bond acceptors (Lipinski definition) is 9. The van der Waals surface area contributed by atoms with E-state index in [-0.39, 0.29) is 24.1 Å². The molecule has 0 spiro atoms. The highest BCUT2D eigenvalue weighted by Crippen LogP contribution is 2.40. The molecule has 0 aromatic carbocycles. The normalized spacial score (nSPS) is 14.2. The third-order valence-corrected chi connectivity index (χ3v) is 5.76. The first-order valence-corrected chi connectivity index (χ1v) is 12.9. The molecule has 1 heterocycles. The van der Waals surface area contributed by atoms with E-state index in [1.54, 1.807) is 17.2 Å². The molecule has 2 rings (SSSR count). The van der Waals surface area contributed by atoms with Gasteiger partial charge in [-0.3, -0.25) is 0 Å². The van der Waals surface area contributed by atoms with Gasteiger partial charge < -0.3 is 24.4 Å². The number of rotatable bonds is 13. The summed E-state index contributed by atoms with van der Waals surface area (Å²) in [5.74, 6) is -0.337. The molecule has 1 aliphatic rings. The Hall–Kier alpha value is -3.36. The topological polar surface area (TPSA) is 107 Å². The van der Waals surface area contributed by atoms with E-state index in [2.05, 4.69) is 16.9 Å². The fourth-order valence-electron chi connectivity index (χ4n) is 3.58. The van der Waals surface area contributed by atoms with E-state index in [1.807, 2.05) is 47.6 Å². The minimum atomic E-state index is -1.05. The zero-order chi connectivity index (χ0) is 27.7. The molecule has 9 heteroatoms. The third-order valence-electron chi connectivity index (χ3n) is 5.76. The van der Waals surface area contributed by atoms with Crippen LogP contribution in [0.15, 0.2) is 36.2 Å². The van der Waals surface area contributed by atoms with Crippen molar-refractivity contribution in [2.45, 2.75) is 72.9 Å². The summed E-state index contributed by atoms with van der Waals surface area (Å²) in [7, 11) is 1.33. The van der Waals surface area contributed by atoms with Crippen LogP contribution >= 0.6 is 0 Å². The van der Waals surface area contributed by atoms with Gasteiger partial charge in [0.15, 0.2) is 0 Å². The highest BCUT2D eigenvalue weighted by atomic mass is 16.7. The smallest absolute Gasteiger partial charge is 0.465 e. The lowest BCUT2D eigenvalue weighted by atomic mass is 10.1. The van der Waals surface area contributed by atoms with E-state index in [4.69, 9.17) is 14.2 Å². The van der Waals surface area contributed by atoms with Gasteiger partial charge >= 0.3 is 18.1 Å². The molecule has 1 atom stereocenters. The number of anilines is 1. The van der Waals surface area contributed by atoms with Gasteiger partial charge in [-0.1, -0.05) is 46.8 Å². The van der Waals surface area contributed by atoms with Crippen LogP contribution in [0.25, 0.3) is 0 Å². The van der Waals surface area contributed by atoms with Gasteiger partial charge in [-0.05, 0) is 61.6 Å². The fraction of sp³-hybridized carbons (Fsp3) is 0.571. The van der Waals surface area contributed by atoms with Crippen LogP contribution in [-0.2, 0) is 19.0 Å². The van der Waals surface area contributed by atoms with E-state index in [0.29, 0.717) is 35.8 Å². The van der Waals surface area contributed by atoms with Crippen molar-refractivity contribution in [3.63, 3.8) is 0 Å². The molecule has 0 aliphatic heterocycles. The summed E-state index contributed by atoms with van der Waals surface area (Å²) in [6.07, 6.45) is 4.56. The Bertz CT molecular complexity index is 1010. The molecule has 0 radical (unpaired) electrons. The minimum Gasteiger partial charge on any atom is -0.465 e. The van der Waals surface area contributed by atoms with E-state index < -0.39 is 24.3 Å². The van der Waals surface area contributed by atoms with Crippen LogP contribution in [0.2, 0.25) is 0 Å². The Morgan fingerprint density at radius 1 is 1.19 bits per heavy atom. The van der Waals surface area contributed by atoms with Gasteiger partial charge in [-0.15, -0.1) is 0 Å². The monoisotopic (exact) mass is 515 g/mol. The zero-order valence-electron chi connectivity index (χ0n) is 23.1. The predicted molar refractivity (Wildman–Crippen MR) is 142 cm³/mol. The average Bonchev–Trinajstić information content (AvgIpc) is 3.69. The number of pyridine rings is 1. The molecular weight excluding hydrogens is 474 g/mol. The first kappa shape index (κ1) is 29.9. The molecule has 0 saturated heterocycles. The van der Waals surface area contributed by atoms with Gasteiger partial charge in [0.25, 0.3) is 0 Å². The SMILES string of the molecule is C=C(/C=C(/C(=O)OC(=O)OCC(C)C)N(CC(C)C)C(C)Nc1ncc(C2CC2)cc1C(=O)OC)CC. The lowest BCUT2D eigenvalue weighted by Crippen LogP contribution is -2.43. The second-order valence-corrected chi connectivity index (χ2v) is 10.2. The fourth-order valence-corrected chi connectivity index (χ4v) is 3.58. The van der Waals surface area contributed by atoms with E-state index in [0.717, 1.165) is 18.4 Å². The molecule has 1 aliphatic carbocycles. The van der Waals surface area contributed by atoms with Gasteiger partial charge in [-0.2, -0.15) is 0 Å². The number of ether oxygens (including phenoxy) is 3. The number of carbonyl (C=O) groups is 3. The van der Waals surface area contributed by atoms with Gasteiger partial charge in [0.05, 0.1) is 19.9 Å². The predicted octanol–water partition coefficient (Wildman–Crippen LogP) is 5.65. The van der Waals surface area contributed by atoms with E-state index >= 15 is 0 Å². The summed E-state index contributed by atoms with van der Waals surface area (Å²) >= 11 is 0. The van der Waals surface area contributed by atoms with Crippen molar-refractivity contribution in [1.29, 1.82) is 0 Å². The van der Waals surface area contributed by atoms with Gasteiger partial charge in [-0.25, -0.2) is 19.4 Å². The van der Waals surface area contributed by atoms with Crippen LogP contribution in [0.4, 0.5) is 10.6 Å². The molecule has 0 amide bonds. The number of aromatic nitrogens is 1. The van der Waals surface area contributed by atoms with Gasteiger partial charge in [0.2, 0.25) is 0 Å². The van der Waals surface area contributed by atoms with Crippen LogP contribution in [0.3, 0.4) is 0 Å². The highest BCUT2D eigenvalue weighted by molar-refractivity contribution is 5.95. The second-order valence-electron chi connectivity index (χ2n) is 10.2. The van der Waals surface area contributed by atoms with Crippen LogP contribution in [-0.4, -0.2) is 54.4 Å². The Morgan fingerprint density at radius 3 is 2.41 bits per heavy atom. The van der Waals surface area contributed by atoms with Crippen molar-refractivity contribution in [2.75, 3.05) is 25.6 Å². The maximum Gasteiger partial charge on any atom is 0.516 e. The first-order valence-electron chi connectivity index (χ1n) is 12.9. The highest BCUT2D eigenvalue weighted by Gasteiger charge is 2.30. The summed E-state index contributed by atoms with van der Waals surface area (Å²) in [5, 5.41) is 3.26. The van der Waals surface area contributed by atoms with Crippen molar-refractivity contribution in [3.05, 3.63) is 47.3 Å². The van der Waals surface area contributed by atoms with Crippen LogP contribution < -0.4 is 5.32 Å². The largest absolute Gasteiger partial charge is 0.516 e. The number of hydrogen-bond donors (Lipinski definition) is 1. The number of nitrogens with one attached hydrogen (secondary N) is 1. The molecule has 1 aromatic heterocycles. The quantitative estimate of drug-likeness (QED) is 0.117. The summed E-state index contributed by atoms with van der Waals surface area (Å²) < 4.78 is 15.1. The van der Waals surface area contributed by atoms with Crippen molar-refractivity contribution < 1.29 is 28.6 Å². The molecule has 1 fully saturated rings. The number of nitrogens with zero attached hydrogens (tertiary/aromatic N) is 2. The molecule has 37 heavy (non-hydrogen) atoms. The Morgan fingerprint density at radius 2 is 1.86 bits per heavy atom. The number of allylic oxidation sites excluding steroid dienone is 2. The van der Waals surface area contributed by atoms with Gasteiger partial charge in [0, 0.05) is 12.7 Å². The maximum absolute atomic E-state index is 13.2. The van der Waals surface area contributed by atoms with Gasteiger partial charge in [0.1, 0.15) is 17.1 Å². The summed E-state index contributed by atoms with van der Waals surface area (Å²) in [6.45, 7) is 16.1. The Labute approximate surface area is 220 Å². The van der Waals surface area contributed by atoms with Crippen molar-refractivity contribution in [2.24, 2.45) is 11.8 Å². The molecule has 204 valence electrons.